The van der Waals surface area contributed by atoms with Crippen LogP contribution in [-0.4, -0.2) is 19.6 Å². The second kappa shape index (κ2) is 5.17. The van der Waals surface area contributed by atoms with Gasteiger partial charge < -0.3 is 9.15 Å². The van der Waals surface area contributed by atoms with E-state index < -0.39 is 0 Å². The van der Waals surface area contributed by atoms with Crippen LogP contribution in [0.5, 0.6) is 11.6 Å². The quantitative estimate of drug-likeness (QED) is 0.436. The molecule has 4 heterocycles. The van der Waals surface area contributed by atoms with Gasteiger partial charge in [0.15, 0.2) is 5.65 Å². The van der Waals surface area contributed by atoms with Crippen molar-refractivity contribution < 1.29 is 9.15 Å². The molecule has 0 fully saturated rings. The van der Waals surface area contributed by atoms with Crippen LogP contribution in [-0.2, 0) is 0 Å². The standard InChI is InChI=1S/C21H14N4O2/c1-12-23-20-18-17(16-7-4-10-26-16)15-9-8-13-5-2-3-6-14(13)19(15)27-21(18)22-11-25(20)24-12/h2-11,17H,1H3. The molecule has 0 aliphatic carbocycles. The molecule has 6 rings (SSSR count). The van der Waals surface area contributed by atoms with Crippen molar-refractivity contribution in [3.05, 3.63) is 83.8 Å². The highest BCUT2D eigenvalue weighted by molar-refractivity contribution is 5.91. The molecule has 27 heavy (non-hydrogen) atoms. The van der Waals surface area contributed by atoms with E-state index in [1.54, 1.807) is 17.1 Å². The van der Waals surface area contributed by atoms with Gasteiger partial charge >= 0.3 is 0 Å². The highest BCUT2D eigenvalue weighted by atomic mass is 16.5. The molecule has 0 bridgehead atoms. The van der Waals surface area contributed by atoms with E-state index in [9.17, 15) is 0 Å². The van der Waals surface area contributed by atoms with Crippen molar-refractivity contribution in [2.24, 2.45) is 0 Å². The number of aryl methyl sites for hydroxylation is 1. The zero-order chi connectivity index (χ0) is 18.0. The van der Waals surface area contributed by atoms with Crippen LogP contribution in [0.1, 0.15) is 28.6 Å². The first-order valence-electron chi connectivity index (χ1n) is 8.74. The van der Waals surface area contributed by atoms with Crippen LogP contribution in [0.4, 0.5) is 0 Å². The first kappa shape index (κ1) is 14.5. The number of aromatic nitrogens is 4. The molecule has 6 heteroatoms. The van der Waals surface area contributed by atoms with E-state index >= 15 is 0 Å². The average molecular weight is 354 g/mol. The van der Waals surface area contributed by atoms with Gasteiger partial charge in [0, 0.05) is 10.9 Å². The maximum atomic E-state index is 6.30. The average Bonchev–Trinajstić information content (AvgIpc) is 3.35. The molecule has 1 unspecified atom stereocenters. The minimum Gasteiger partial charge on any atom is -0.468 e. The lowest BCUT2D eigenvalue weighted by molar-refractivity contribution is 0.420. The van der Waals surface area contributed by atoms with Crippen molar-refractivity contribution >= 4 is 16.4 Å². The molecule has 1 aliphatic heterocycles. The fraction of sp³-hybridized carbons (Fsp3) is 0.0952. The molecule has 0 spiro atoms. The molecule has 0 radical (unpaired) electrons. The number of furan rings is 1. The summed E-state index contributed by atoms with van der Waals surface area (Å²) in [7, 11) is 0. The summed E-state index contributed by atoms with van der Waals surface area (Å²) in [6.45, 7) is 1.87. The van der Waals surface area contributed by atoms with E-state index in [0.29, 0.717) is 11.7 Å². The zero-order valence-corrected chi connectivity index (χ0v) is 14.5. The van der Waals surface area contributed by atoms with Crippen LogP contribution in [0.25, 0.3) is 16.4 Å². The second-order valence-corrected chi connectivity index (χ2v) is 6.65. The lowest BCUT2D eigenvalue weighted by Gasteiger charge is -2.27. The number of fused-ring (bicyclic) bond motifs is 6. The van der Waals surface area contributed by atoms with Gasteiger partial charge in [-0.1, -0.05) is 36.4 Å². The van der Waals surface area contributed by atoms with Crippen LogP contribution in [0.2, 0.25) is 0 Å². The van der Waals surface area contributed by atoms with Gasteiger partial charge in [-0.2, -0.15) is 5.10 Å². The van der Waals surface area contributed by atoms with Crippen molar-refractivity contribution in [2.45, 2.75) is 12.8 Å². The Kier molecular flexibility index (Phi) is 2.78. The maximum absolute atomic E-state index is 6.30. The topological polar surface area (TPSA) is 65.5 Å². The minimum atomic E-state index is -0.164. The Balaban J connectivity index is 1.73. The van der Waals surface area contributed by atoms with Crippen molar-refractivity contribution in [3.8, 4) is 11.6 Å². The van der Waals surface area contributed by atoms with Crippen molar-refractivity contribution in [3.63, 3.8) is 0 Å². The molecule has 0 N–H and O–H groups in total. The SMILES string of the molecule is Cc1nc2c3c(ncn2n1)Oc1c(ccc2ccccc12)C3c1ccco1. The third-order valence-corrected chi connectivity index (χ3v) is 5.03. The summed E-state index contributed by atoms with van der Waals surface area (Å²) in [6.07, 6.45) is 3.33. The van der Waals surface area contributed by atoms with Gasteiger partial charge in [0.05, 0.1) is 17.7 Å². The number of nitrogens with zero attached hydrogens (tertiary/aromatic N) is 4. The fourth-order valence-corrected chi connectivity index (χ4v) is 3.90. The predicted octanol–water partition coefficient (Wildman–Crippen LogP) is 4.46. The Morgan fingerprint density at radius 2 is 1.96 bits per heavy atom. The molecule has 3 aromatic heterocycles. The Labute approximate surface area is 154 Å². The molecule has 0 amide bonds. The summed E-state index contributed by atoms with van der Waals surface area (Å²) in [4.78, 5) is 9.14. The summed E-state index contributed by atoms with van der Waals surface area (Å²) < 4.78 is 13.8. The Morgan fingerprint density at radius 1 is 1.04 bits per heavy atom. The summed E-state index contributed by atoms with van der Waals surface area (Å²) in [5.74, 6) is 2.71. The van der Waals surface area contributed by atoms with Gasteiger partial charge in [-0.15, -0.1) is 0 Å². The molecule has 0 saturated carbocycles. The Bertz CT molecular complexity index is 1320. The summed E-state index contributed by atoms with van der Waals surface area (Å²) in [5.41, 5.74) is 2.64. The number of rotatable bonds is 1. The van der Waals surface area contributed by atoms with E-state index in [2.05, 4.69) is 39.3 Å². The maximum Gasteiger partial charge on any atom is 0.228 e. The predicted molar refractivity (Wildman–Crippen MR) is 99.2 cm³/mol. The van der Waals surface area contributed by atoms with Crippen LogP contribution in [0.3, 0.4) is 0 Å². The molecule has 6 nitrogen and oxygen atoms in total. The normalized spacial score (nSPS) is 15.5. The smallest absolute Gasteiger partial charge is 0.228 e. The zero-order valence-electron chi connectivity index (χ0n) is 14.5. The van der Waals surface area contributed by atoms with Crippen molar-refractivity contribution in [1.29, 1.82) is 0 Å². The van der Waals surface area contributed by atoms with Crippen LogP contribution in [0.15, 0.2) is 65.5 Å². The highest BCUT2D eigenvalue weighted by Gasteiger charge is 2.35. The molecule has 2 aromatic carbocycles. The van der Waals surface area contributed by atoms with E-state index in [1.165, 1.54) is 0 Å². The first-order valence-corrected chi connectivity index (χ1v) is 8.74. The summed E-state index contributed by atoms with van der Waals surface area (Å²) >= 11 is 0. The molecule has 5 aromatic rings. The largest absolute Gasteiger partial charge is 0.468 e. The first-order chi connectivity index (χ1) is 13.3. The van der Waals surface area contributed by atoms with E-state index in [1.807, 2.05) is 31.2 Å². The third-order valence-electron chi connectivity index (χ3n) is 5.03. The number of hydrogen-bond acceptors (Lipinski definition) is 5. The van der Waals surface area contributed by atoms with E-state index in [-0.39, 0.29) is 5.92 Å². The lowest BCUT2D eigenvalue weighted by atomic mass is 9.86. The Morgan fingerprint density at radius 3 is 2.85 bits per heavy atom. The van der Waals surface area contributed by atoms with Gasteiger partial charge in [-0.3, -0.25) is 0 Å². The van der Waals surface area contributed by atoms with Crippen LogP contribution in [0, 0.1) is 6.92 Å². The lowest BCUT2D eigenvalue weighted by Crippen LogP contribution is -2.14. The molecule has 1 atom stereocenters. The van der Waals surface area contributed by atoms with Gasteiger partial charge in [0.2, 0.25) is 5.88 Å². The third kappa shape index (κ3) is 1.98. The molecule has 1 aliphatic rings. The minimum absolute atomic E-state index is 0.164. The second-order valence-electron chi connectivity index (χ2n) is 6.65. The molecule has 130 valence electrons. The summed E-state index contributed by atoms with van der Waals surface area (Å²) in [6, 6.07) is 16.3. The highest BCUT2D eigenvalue weighted by Crippen LogP contribution is 2.50. The number of benzene rings is 2. The van der Waals surface area contributed by atoms with Crippen LogP contribution >= 0.6 is 0 Å². The van der Waals surface area contributed by atoms with Gasteiger partial charge in [0.25, 0.3) is 0 Å². The van der Waals surface area contributed by atoms with Crippen molar-refractivity contribution in [2.75, 3.05) is 0 Å². The molecular formula is C21H14N4O2. The van der Waals surface area contributed by atoms with Gasteiger partial charge in [-0.25, -0.2) is 14.5 Å². The van der Waals surface area contributed by atoms with Crippen LogP contribution < -0.4 is 4.74 Å². The molecule has 0 saturated heterocycles. The monoisotopic (exact) mass is 354 g/mol. The summed E-state index contributed by atoms with van der Waals surface area (Å²) in [5, 5.41) is 6.57. The number of hydrogen-bond donors (Lipinski definition) is 0. The van der Waals surface area contributed by atoms with E-state index in [4.69, 9.17) is 9.15 Å². The van der Waals surface area contributed by atoms with E-state index in [0.717, 1.165) is 39.1 Å². The Hall–Kier alpha value is -3.67. The fourth-order valence-electron chi connectivity index (χ4n) is 3.90. The van der Waals surface area contributed by atoms with Gasteiger partial charge in [0.1, 0.15) is 23.7 Å². The van der Waals surface area contributed by atoms with Crippen molar-refractivity contribution in [1.82, 2.24) is 19.6 Å². The number of ether oxygens (including phenoxy) is 1. The molecular weight excluding hydrogens is 340 g/mol. The van der Waals surface area contributed by atoms with Gasteiger partial charge in [-0.05, 0) is 24.4 Å².